The third-order valence-corrected chi connectivity index (χ3v) is 10.2. The van der Waals surface area contributed by atoms with E-state index < -0.39 is 5.60 Å². The molecule has 0 atom stereocenters. The van der Waals surface area contributed by atoms with Gasteiger partial charge in [0.2, 0.25) is 0 Å². The Kier molecular flexibility index (Phi) is 12.0. The summed E-state index contributed by atoms with van der Waals surface area (Å²) in [4.78, 5) is 18.0. The van der Waals surface area contributed by atoms with Crippen molar-refractivity contribution in [2.24, 2.45) is 0 Å². The molecule has 8 heteroatoms. The number of carbonyl (C=O) groups is 1. The normalized spacial score (nSPS) is 17.9. The van der Waals surface area contributed by atoms with Crippen LogP contribution >= 0.6 is 11.6 Å². The first-order chi connectivity index (χ1) is 22.6. The number of ether oxygens (including phenoxy) is 1. The molecule has 254 valence electrons. The van der Waals surface area contributed by atoms with Gasteiger partial charge in [0.15, 0.2) is 0 Å². The monoisotopic (exact) mass is 660 g/mol. The number of rotatable bonds is 12. The van der Waals surface area contributed by atoms with E-state index in [1.807, 2.05) is 29.2 Å². The fourth-order valence-electron chi connectivity index (χ4n) is 7.06. The molecule has 0 bridgehead atoms. The van der Waals surface area contributed by atoms with Crippen LogP contribution in [0.15, 0.2) is 84.9 Å². The maximum atomic E-state index is 13.6. The number of amides is 2. The Labute approximate surface area is 286 Å². The van der Waals surface area contributed by atoms with Gasteiger partial charge in [-0.15, -0.1) is 0 Å². The smallest absolute Gasteiger partial charge is 0.317 e. The molecule has 2 aliphatic heterocycles. The van der Waals surface area contributed by atoms with Crippen LogP contribution in [0.1, 0.15) is 76.0 Å². The van der Waals surface area contributed by atoms with Crippen molar-refractivity contribution in [1.29, 1.82) is 0 Å². The molecular formula is C39H53ClN4O3. The minimum atomic E-state index is -0.812. The van der Waals surface area contributed by atoms with Crippen LogP contribution in [0.3, 0.4) is 0 Å². The number of hydrogen-bond acceptors (Lipinski definition) is 5. The molecule has 2 amide bonds. The van der Waals surface area contributed by atoms with E-state index in [-0.39, 0.29) is 17.0 Å². The molecule has 0 unspecified atom stereocenters. The van der Waals surface area contributed by atoms with E-state index >= 15 is 0 Å². The van der Waals surface area contributed by atoms with E-state index in [4.69, 9.17) is 16.3 Å². The van der Waals surface area contributed by atoms with Crippen molar-refractivity contribution < 1.29 is 14.6 Å². The molecule has 0 radical (unpaired) electrons. The predicted molar refractivity (Wildman–Crippen MR) is 191 cm³/mol. The van der Waals surface area contributed by atoms with Crippen molar-refractivity contribution in [2.45, 2.75) is 82.0 Å². The maximum Gasteiger partial charge on any atom is 0.317 e. The van der Waals surface area contributed by atoms with E-state index in [9.17, 15) is 9.90 Å². The molecule has 2 heterocycles. The number of benzene rings is 3. The molecule has 3 N–H and O–H groups in total. The summed E-state index contributed by atoms with van der Waals surface area (Å²) in [7, 11) is 0. The largest absolute Gasteiger partial charge is 0.385 e. The number of nitrogens with one attached hydrogen (secondary N) is 2. The topological polar surface area (TPSA) is 77.1 Å². The molecule has 2 saturated heterocycles. The minimum absolute atomic E-state index is 0.00291. The SMILES string of the molecule is CC(C)(C)OCNC1CCN(C(=O)NCC(CCCN2CCC(O)(c3ccc(Cl)cc3)CC2)(c2ccccc2)c2ccccc2)CC1. The highest BCUT2D eigenvalue weighted by Gasteiger charge is 2.37. The van der Waals surface area contributed by atoms with Crippen molar-refractivity contribution in [3.05, 3.63) is 107 Å². The minimum Gasteiger partial charge on any atom is -0.385 e. The molecule has 3 aromatic carbocycles. The Morgan fingerprint density at radius 2 is 1.47 bits per heavy atom. The highest BCUT2D eigenvalue weighted by atomic mass is 35.5. The number of halogens is 1. The Hall–Kier alpha value is -2.94. The molecule has 0 aromatic heterocycles. The van der Waals surface area contributed by atoms with Crippen LogP contribution in [0.25, 0.3) is 0 Å². The fourth-order valence-corrected chi connectivity index (χ4v) is 7.19. The third-order valence-electron chi connectivity index (χ3n) is 10.00. The first kappa shape index (κ1) is 35.4. The quantitative estimate of drug-likeness (QED) is 0.184. The summed E-state index contributed by atoms with van der Waals surface area (Å²) in [6.45, 7) is 11.3. The van der Waals surface area contributed by atoms with Gasteiger partial charge in [0.05, 0.1) is 17.9 Å². The van der Waals surface area contributed by atoms with Gasteiger partial charge in [-0.1, -0.05) is 84.4 Å². The molecule has 3 aromatic rings. The second-order valence-electron chi connectivity index (χ2n) is 14.3. The van der Waals surface area contributed by atoms with Crippen molar-refractivity contribution in [3.63, 3.8) is 0 Å². The summed E-state index contributed by atoms with van der Waals surface area (Å²) >= 11 is 6.09. The van der Waals surface area contributed by atoms with Crippen molar-refractivity contribution in [3.8, 4) is 0 Å². The lowest BCUT2D eigenvalue weighted by molar-refractivity contribution is -0.0262. The van der Waals surface area contributed by atoms with Crippen LogP contribution in [0, 0.1) is 0 Å². The van der Waals surface area contributed by atoms with Crippen molar-refractivity contribution >= 4 is 17.6 Å². The van der Waals surface area contributed by atoms with Crippen LogP contribution < -0.4 is 10.6 Å². The van der Waals surface area contributed by atoms with Crippen molar-refractivity contribution in [2.75, 3.05) is 46.0 Å². The highest BCUT2D eigenvalue weighted by molar-refractivity contribution is 6.30. The van der Waals surface area contributed by atoms with Crippen LogP contribution in [0.2, 0.25) is 5.02 Å². The highest BCUT2D eigenvalue weighted by Crippen LogP contribution is 2.38. The van der Waals surface area contributed by atoms with Gasteiger partial charge in [0.1, 0.15) is 0 Å². The Bertz CT molecular complexity index is 1340. The lowest BCUT2D eigenvalue weighted by Gasteiger charge is -2.40. The van der Waals surface area contributed by atoms with E-state index in [0.717, 1.165) is 64.0 Å². The predicted octanol–water partition coefficient (Wildman–Crippen LogP) is 6.93. The summed E-state index contributed by atoms with van der Waals surface area (Å²) in [5.74, 6) is 0. The van der Waals surface area contributed by atoms with Gasteiger partial charge in [-0.25, -0.2) is 4.79 Å². The van der Waals surface area contributed by atoms with Gasteiger partial charge >= 0.3 is 6.03 Å². The number of hydrogen-bond donors (Lipinski definition) is 3. The molecule has 2 fully saturated rings. The lowest BCUT2D eigenvalue weighted by Crippen LogP contribution is -2.51. The summed E-state index contributed by atoms with van der Waals surface area (Å²) < 4.78 is 5.85. The zero-order valence-electron chi connectivity index (χ0n) is 28.4. The Morgan fingerprint density at radius 1 is 0.894 bits per heavy atom. The van der Waals surface area contributed by atoms with Gasteiger partial charge in [0.25, 0.3) is 0 Å². The number of piperidine rings is 2. The average Bonchev–Trinajstić information content (AvgIpc) is 3.08. The molecule has 5 rings (SSSR count). The molecule has 7 nitrogen and oxygen atoms in total. The molecule has 0 saturated carbocycles. The number of nitrogens with zero attached hydrogens (tertiary/aromatic N) is 2. The van der Waals surface area contributed by atoms with Crippen LogP contribution in [0.5, 0.6) is 0 Å². The van der Waals surface area contributed by atoms with E-state index in [2.05, 4.69) is 97.0 Å². The van der Waals surface area contributed by atoms with Gasteiger partial charge in [-0.3, -0.25) is 5.32 Å². The van der Waals surface area contributed by atoms with Crippen LogP contribution in [0.4, 0.5) is 4.79 Å². The Morgan fingerprint density at radius 3 is 2.02 bits per heavy atom. The maximum absolute atomic E-state index is 13.6. The molecule has 0 aliphatic carbocycles. The lowest BCUT2D eigenvalue weighted by atomic mass is 9.71. The number of likely N-dealkylation sites (tertiary alicyclic amines) is 2. The molecule has 0 spiro atoms. The second-order valence-corrected chi connectivity index (χ2v) is 14.8. The van der Waals surface area contributed by atoms with Gasteiger partial charge < -0.3 is 25.0 Å². The first-order valence-electron chi connectivity index (χ1n) is 17.3. The van der Waals surface area contributed by atoms with Gasteiger partial charge in [-0.05, 0) is 94.7 Å². The summed E-state index contributed by atoms with van der Waals surface area (Å²) in [5.41, 5.74) is 2.01. The van der Waals surface area contributed by atoms with E-state index in [0.29, 0.717) is 37.2 Å². The van der Waals surface area contributed by atoms with E-state index in [1.165, 1.54) is 11.1 Å². The van der Waals surface area contributed by atoms with Crippen LogP contribution in [-0.4, -0.2) is 78.6 Å². The zero-order valence-corrected chi connectivity index (χ0v) is 29.1. The van der Waals surface area contributed by atoms with Crippen molar-refractivity contribution in [1.82, 2.24) is 20.4 Å². The number of aliphatic hydroxyl groups is 1. The Balaban J connectivity index is 1.22. The number of urea groups is 1. The second kappa shape index (κ2) is 16.0. The summed E-state index contributed by atoms with van der Waals surface area (Å²) in [5, 5.41) is 19.0. The number of carbonyl (C=O) groups excluding carboxylic acids is 1. The molecular weight excluding hydrogens is 608 g/mol. The van der Waals surface area contributed by atoms with Crippen LogP contribution in [-0.2, 0) is 15.8 Å². The summed E-state index contributed by atoms with van der Waals surface area (Å²) in [6.07, 6.45) is 5.07. The van der Waals surface area contributed by atoms with Gasteiger partial charge in [-0.2, -0.15) is 0 Å². The third kappa shape index (κ3) is 9.58. The first-order valence-corrected chi connectivity index (χ1v) is 17.7. The molecule has 2 aliphatic rings. The van der Waals surface area contributed by atoms with Gasteiger partial charge in [0, 0.05) is 49.2 Å². The fraction of sp³-hybridized carbons (Fsp3) is 0.513. The average molecular weight is 661 g/mol. The summed E-state index contributed by atoms with van der Waals surface area (Å²) in [6, 6.07) is 29.2. The molecule has 47 heavy (non-hydrogen) atoms. The zero-order chi connectivity index (χ0) is 33.3. The standard InChI is InChI=1S/C39H53ClN4O3/c1-37(2,3)47-30-42-35-19-25-44(26-20-35)36(45)41-29-38(31-11-6-4-7-12-31,32-13-8-5-9-14-32)21-10-24-43-27-22-39(46,23-28-43)33-15-17-34(40)18-16-33/h4-9,11-18,35,42,46H,10,19-30H2,1-3H3,(H,41,45). The van der Waals surface area contributed by atoms with E-state index in [1.54, 1.807) is 0 Å².